The molecule has 0 saturated carbocycles. The predicted octanol–water partition coefficient (Wildman–Crippen LogP) is 2.16. The van der Waals surface area contributed by atoms with E-state index in [2.05, 4.69) is 33.1 Å². The first-order valence-corrected chi connectivity index (χ1v) is 7.06. The van der Waals surface area contributed by atoms with Gasteiger partial charge in [-0.15, -0.1) is 0 Å². The number of anilines is 2. The first kappa shape index (κ1) is 13.6. The van der Waals surface area contributed by atoms with Gasteiger partial charge in [-0.2, -0.15) is 0 Å². The van der Waals surface area contributed by atoms with E-state index in [9.17, 15) is 0 Å². The molecule has 1 fully saturated rings. The van der Waals surface area contributed by atoms with Crippen molar-refractivity contribution in [2.75, 3.05) is 43.9 Å². The Hall–Kier alpha value is -0.780. The second-order valence-electron chi connectivity index (χ2n) is 4.69. The van der Waals surface area contributed by atoms with Gasteiger partial charge in [0.05, 0.1) is 24.6 Å². The molecule has 1 aliphatic rings. The molecule has 1 atom stereocenters. The van der Waals surface area contributed by atoms with Gasteiger partial charge < -0.3 is 15.8 Å². The summed E-state index contributed by atoms with van der Waals surface area (Å²) in [6.45, 7) is 6.89. The molecule has 1 aromatic rings. The van der Waals surface area contributed by atoms with Gasteiger partial charge in [-0.25, -0.2) is 0 Å². The van der Waals surface area contributed by atoms with Crippen LogP contribution in [0.25, 0.3) is 0 Å². The Morgan fingerprint density at radius 2 is 2.17 bits per heavy atom. The lowest BCUT2D eigenvalue weighted by Crippen LogP contribution is -2.42. The van der Waals surface area contributed by atoms with Gasteiger partial charge in [0.1, 0.15) is 0 Å². The summed E-state index contributed by atoms with van der Waals surface area (Å²) >= 11 is 3.46. The summed E-state index contributed by atoms with van der Waals surface area (Å²) in [6, 6.07) is 6.24. The van der Waals surface area contributed by atoms with Crippen molar-refractivity contribution < 1.29 is 4.74 Å². The number of nitrogens with two attached hydrogens (primary N) is 1. The summed E-state index contributed by atoms with van der Waals surface area (Å²) in [5.41, 5.74) is 7.73. The summed E-state index contributed by atoms with van der Waals surface area (Å²) in [5, 5.41) is 3.46. The van der Waals surface area contributed by atoms with Gasteiger partial charge in [0.2, 0.25) is 0 Å². The molecule has 100 valence electrons. The van der Waals surface area contributed by atoms with Crippen LogP contribution in [0, 0.1) is 0 Å². The molecule has 0 amide bonds. The van der Waals surface area contributed by atoms with Gasteiger partial charge in [0, 0.05) is 30.1 Å². The maximum Gasteiger partial charge on any atom is 0.0594 e. The van der Waals surface area contributed by atoms with Crippen molar-refractivity contribution in [2.45, 2.75) is 13.0 Å². The fourth-order valence-corrected chi connectivity index (χ4v) is 2.50. The van der Waals surface area contributed by atoms with Gasteiger partial charge in [-0.05, 0) is 25.1 Å². The van der Waals surface area contributed by atoms with E-state index in [-0.39, 0.29) is 0 Å². The van der Waals surface area contributed by atoms with E-state index < -0.39 is 0 Å². The van der Waals surface area contributed by atoms with Crippen molar-refractivity contribution >= 4 is 27.3 Å². The Morgan fingerprint density at radius 1 is 1.44 bits per heavy atom. The lowest BCUT2D eigenvalue weighted by Gasteiger charge is -2.30. The predicted molar refractivity (Wildman–Crippen MR) is 78.9 cm³/mol. The van der Waals surface area contributed by atoms with Crippen molar-refractivity contribution in [3.63, 3.8) is 0 Å². The number of halogens is 1. The Bertz CT molecular complexity index is 394. The number of nitrogen functional groups attached to an aromatic ring is 1. The van der Waals surface area contributed by atoms with Gasteiger partial charge in [0.25, 0.3) is 0 Å². The minimum atomic E-state index is 0.361. The van der Waals surface area contributed by atoms with E-state index in [4.69, 9.17) is 10.5 Å². The van der Waals surface area contributed by atoms with Crippen LogP contribution in [0.4, 0.5) is 11.4 Å². The van der Waals surface area contributed by atoms with Gasteiger partial charge in [-0.3, -0.25) is 4.90 Å². The van der Waals surface area contributed by atoms with Crippen LogP contribution in [0.3, 0.4) is 0 Å². The summed E-state index contributed by atoms with van der Waals surface area (Å²) in [7, 11) is 0. The minimum absolute atomic E-state index is 0.361. The zero-order chi connectivity index (χ0) is 13.0. The second kappa shape index (κ2) is 6.41. The molecule has 0 aromatic heterocycles. The molecule has 3 N–H and O–H groups in total. The van der Waals surface area contributed by atoms with E-state index in [1.807, 2.05) is 18.2 Å². The third kappa shape index (κ3) is 3.86. The van der Waals surface area contributed by atoms with Crippen molar-refractivity contribution in [2.24, 2.45) is 0 Å². The highest BCUT2D eigenvalue weighted by Gasteiger charge is 2.14. The molecule has 1 aliphatic heterocycles. The summed E-state index contributed by atoms with van der Waals surface area (Å²) < 4.78 is 6.39. The Balaban J connectivity index is 1.89. The molecule has 18 heavy (non-hydrogen) atoms. The number of rotatable bonds is 4. The van der Waals surface area contributed by atoms with E-state index in [1.54, 1.807) is 0 Å². The molecule has 0 bridgehead atoms. The van der Waals surface area contributed by atoms with E-state index in [0.29, 0.717) is 6.04 Å². The van der Waals surface area contributed by atoms with Gasteiger partial charge in [0.15, 0.2) is 0 Å². The highest BCUT2D eigenvalue weighted by Crippen LogP contribution is 2.24. The molecule has 4 nitrogen and oxygen atoms in total. The third-order valence-corrected chi connectivity index (χ3v) is 3.55. The van der Waals surface area contributed by atoms with Crippen molar-refractivity contribution in [1.29, 1.82) is 0 Å². The van der Waals surface area contributed by atoms with Crippen LogP contribution >= 0.6 is 15.9 Å². The van der Waals surface area contributed by atoms with Crippen LogP contribution in [-0.2, 0) is 4.74 Å². The quantitative estimate of drug-likeness (QED) is 0.836. The molecule has 0 radical (unpaired) electrons. The second-order valence-corrected chi connectivity index (χ2v) is 5.61. The number of benzene rings is 1. The number of nitrogens with zero attached hydrogens (tertiary/aromatic N) is 1. The smallest absolute Gasteiger partial charge is 0.0594 e. The van der Waals surface area contributed by atoms with Crippen LogP contribution in [0.2, 0.25) is 0 Å². The average molecular weight is 314 g/mol. The number of hydrogen-bond acceptors (Lipinski definition) is 4. The summed E-state index contributed by atoms with van der Waals surface area (Å²) in [6.07, 6.45) is 0. The molecule has 0 spiro atoms. The largest absolute Gasteiger partial charge is 0.397 e. The number of nitrogens with one attached hydrogen (secondary N) is 1. The highest BCUT2D eigenvalue weighted by molar-refractivity contribution is 9.10. The Morgan fingerprint density at radius 3 is 2.89 bits per heavy atom. The van der Waals surface area contributed by atoms with Crippen LogP contribution in [0.5, 0.6) is 0 Å². The highest BCUT2D eigenvalue weighted by atomic mass is 79.9. The molecule has 1 unspecified atom stereocenters. The average Bonchev–Trinajstić information content (AvgIpc) is 2.35. The van der Waals surface area contributed by atoms with E-state index in [0.717, 1.165) is 48.7 Å². The standard InChI is InChI=1S/C13H20BrN3O/c1-10(9-17-4-6-18-7-5-17)16-13-8-11(14)2-3-12(13)15/h2-3,8,10,16H,4-7,9,15H2,1H3. The SMILES string of the molecule is CC(CN1CCOCC1)Nc1cc(Br)ccc1N. The molecule has 5 heteroatoms. The molecular formula is C13H20BrN3O. The van der Waals surface area contributed by atoms with Crippen molar-refractivity contribution in [3.05, 3.63) is 22.7 Å². The summed E-state index contributed by atoms with van der Waals surface area (Å²) in [5.74, 6) is 0. The molecule has 1 heterocycles. The maximum atomic E-state index is 5.95. The topological polar surface area (TPSA) is 50.5 Å². The fraction of sp³-hybridized carbons (Fsp3) is 0.538. The molecule has 2 rings (SSSR count). The zero-order valence-electron chi connectivity index (χ0n) is 10.7. The van der Waals surface area contributed by atoms with Crippen LogP contribution in [-0.4, -0.2) is 43.8 Å². The first-order valence-electron chi connectivity index (χ1n) is 6.27. The Kier molecular flexibility index (Phi) is 4.86. The van der Waals surface area contributed by atoms with Crippen molar-refractivity contribution in [1.82, 2.24) is 4.90 Å². The van der Waals surface area contributed by atoms with Crippen LogP contribution < -0.4 is 11.1 Å². The number of hydrogen-bond donors (Lipinski definition) is 2. The van der Waals surface area contributed by atoms with Gasteiger partial charge in [-0.1, -0.05) is 15.9 Å². The van der Waals surface area contributed by atoms with Crippen molar-refractivity contribution in [3.8, 4) is 0 Å². The first-order chi connectivity index (χ1) is 8.65. The summed E-state index contributed by atoms with van der Waals surface area (Å²) in [4.78, 5) is 2.41. The number of ether oxygens (including phenoxy) is 1. The van der Waals surface area contributed by atoms with Crippen LogP contribution in [0.1, 0.15) is 6.92 Å². The fourth-order valence-electron chi connectivity index (χ4n) is 2.14. The van der Waals surface area contributed by atoms with E-state index >= 15 is 0 Å². The molecular weight excluding hydrogens is 294 g/mol. The van der Waals surface area contributed by atoms with Gasteiger partial charge >= 0.3 is 0 Å². The zero-order valence-corrected chi connectivity index (χ0v) is 12.2. The molecule has 0 aliphatic carbocycles. The van der Waals surface area contributed by atoms with Crippen LogP contribution in [0.15, 0.2) is 22.7 Å². The maximum absolute atomic E-state index is 5.95. The lowest BCUT2D eigenvalue weighted by molar-refractivity contribution is 0.0368. The normalized spacial score (nSPS) is 18.6. The molecule has 1 aromatic carbocycles. The monoisotopic (exact) mass is 313 g/mol. The lowest BCUT2D eigenvalue weighted by atomic mass is 10.2. The Labute approximate surface area is 117 Å². The minimum Gasteiger partial charge on any atom is -0.397 e. The number of morpholine rings is 1. The third-order valence-electron chi connectivity index (χ3n) is 3.05. The molecule has 1 saturated heterocycles. The van der Waals surface area contributed by atoms with E-state index in [1.165, 1.54) is 0 Å².